The highest BCUT2D eigenvalue weighted by Crippen LogP contribution is 2.22. The lowest BCUT2D eigenvalue weighted by molar-refractivity contribution is 0.0696. The van der Waals surface area contributed by atoms with Gasteiger partial charge in [0.1, 0.15) is 4.90 Å². The average molecular weight is 315 g/mol. The van der Waals surface area contributed by atoms with Crippen LogP contribution in [-0.4, -0.2) is 24.5 Å². The third-order valence-corrected chi connectivity index (χ3v) is 4.48. The number of aromatic amines is 1. The molecule has 1 aromatic heterocycles. The Kier molecular flexibility index (Phi) is 4.12. The second kappa shape index (κ2) is 5.66. The number of hydrogen-bond donors (Lipinski definition) is 3. The Morgan fingerprint density at radius 1 is 1.35 bits per heavy atom. The molecule has 3 N–H and O–H groups in total. The van der Waals surface area contributed by atoms with E-state index in [2.05, 4.69) is 9.71 Å². The van der Waals surface area contributed by atoms with Gasteiger partial charge in [-0.05, 0) is 29.8 Å². The molecule has 0 unspecified atom stereocenters. The maximum absolute atomic E-state index is 12.1. The van der Waals surface area contributed by atoms with Crippen molar-refractivity contribution in [2.45, 2.75) is 11.4 Å². The molecule has 20 heavy (non-hydrogen) atoms. The summed E-state index contributed by atoms with van der Waals surface area (Å²) in [6.45, 7) is 0.0828. The largest absolute Gasteiger partial charge is 0.478 e. The van der Waals surface area contributed by atoms with Crippen LogP contribution in [0.2, 0.25) is 5.02 Å². The summed E-state index contributed by atoms with van der Waals surface area (Å²) in [5, 5.41) is 8.85. The molecule has 1 heterocycles. The molecule has 0 aliphatic rings. The molecule has 0 aliphatic carbocycles. The van der Waals surface area contributed by atoms with Crippen molar-refractivity contribution in [2.75, 3.05) is 0 Å². The van der Waals surface area contributed by atoms with Gasteiger partial charge in [0, 0.05) is 18.9 Å². The van der Waals surface area contributed by atoms with E-state index < -0.39 is 16.0 Å². The van der Waals surface area contributed by atoms with E-state index in [1.807, 2.05) is 0 Å². The number of carboxylic acid groups (broad SMARTS) is 1. The zero-order chi connectivity index (χ0) is 14.8. The van der Waals surface area contributed by atoms with Gasteiger partial charge in [-0.3, -0.25) is 0 Å². The molecule has 1 aromatic carbocycles. The summed E-state index contributed by atoms with van der Waals surface area (Å²) in [7, 11) is -3.88. The predicted octanol–water partition coefficient (Wildman–Crippen LogP) is 1.84. The fourth-order valence-corrected chi connectivity index (χ4v) is 3.11. The van der Waals surface area contributed by atoms with Crippen molar-refractivity contribution in [1.82, 2.24) is 9.71 Å². The standard InChI is InChI=1S/C12H11ClN2O4S/c13-10-2-1-9(12(16)17)5-11(10)20(18,19)15-7-8-3-4-14-6-8/h1-6,14-15H,7H2,(H,16,17). The second-order valence-electron chi connectivity index (χ2n) is 3.99. The second-order valence-corrected chi connectivity index (χ2v) is 6.14. The van der Waals surface area contributed by atoms with Gasteiger partial charge in [0.25, 0.3) is 0 Å². The van der Waals surface area contributed by atoms with Crippen LogP contribution in [0, 0.1) is 0 Å². The Morgan fingerprint density at radius 2 is 2.10 bits per heavy atom. The fourth-order valence-electron chi connectivity index (χ4n) is 1.57. The number of hydrogen-bond acceptors (Lipinski definition) is 3. The van der Waals surface area contributed by atoms with Crippen LogP contribution in [-0.2, 0) is 16.6 Å². The summed E-state index contributed by atoms with van der Waals surface area (Å²) >= 11 is 5.83. The van der Waals surface area contributed by atoms with Gasteiger partial charge >= 0.3 is 5.97 Å². The number of sulfonamides is 1. The zero-order valence-electron chi connectivity index (χ0n) is 10.1. The number of rotatable bonds is 5. The highest BCUT2D eigenvalue weighted by atomic mass is 35.5. The summed E-state index contributed by atoms with van der Waals surface area (Å²) in [6, 6.07) is 5.24. The lowest BCUT2D eigenvalue weighted by Gasteiger charge is -2.08. The van der Waals surface area contributed by atoms with Crippen molar-refractivity contribution in [3.8, 4) is 0 Å². The van der Waals surface area contributed by atoms with Crippen molar-refractivity contribution in [1.29, 1.82) is 0 Å². The van der Waals surface area contributed by atoms with E-state index >= 15 is 0 Å². The van der Waals surface area contributed by atoms with Crippen molar-refractivity contribution < 1.29 is 18.3 Å². The van der Waals surface area contributed by atoms with Crippen molar-refractivity contribution >= 4 is 27.6 Å². The number of aromatic nitrogens is 1. The fraction of sp³-hybridized carbons (Fsp3) is 0.0833. The van der Waals surface area contributed by atoms with Crippen LogP contribution in [0.15, 0.2) is 41.6 Å². The molecule has 2 rings (SSSR count). The van der Waals surface area contributed by atoms with Crippen LogP contribution in [0.3, 0.4) is 0 Å². The minimum Gasteiger partial charge on any atom is -0.478 e. The molecule has 0 aliphatic heterocycles. The van der Waals surface area contributed by atoms with Gasteiger partial charge in [-0.15, -0.1) is 0 Å². The molecule has 2 aromatic rings. The minimum atomic E-state index is -3.88. The molecule has 0 spiro atoms. The summed E-state index contributed by atoms with van der Waals surface area (Å²) in [4.78, 5) is 13.4. The van der Waals surface area contributed by atoms with E-state index in [4.69, 9.17) is 16.7 Å². The lowest BCUT2D eigenvalue weighted by Crippen LogP contribution is -2.23. The third-order valence-electron chi connectivity index (χ3n) is 2.60. The van der Waals surface area contributed by atoms with E-state index in [0.29, 0.717) is 0 Å². The number of benzene rings is 1. The molecule has 0 bridgehead atoms. The first-order valence-electron chi connectivity index (χ1n) is 5.54. The van der Waals surface area contributed by atoms with Gasteiger partial charge in [0.15, 0.2) is 0 Å². The smallest absolute Gasteiger partial charge is 0.335 e. The Balaban J connectivity index is 2.28. The molecule has 0 amide bonds. The van der Waals surface area contributed by atoms with Gasteiger partial charge in [-0.2, -0.15) is 0 Å². The average Bonchev–Trinajstić information content (AvgIpc) is 2.89. The Labute approximate surface area is 120 Å². The molecule has 0 saturated carbocycles. The Bertz CT molecular complexity index is 726. The van der Waals surface area contributed by atoms with Gasteiger partial charge < -0.3 is 10.1 Å². The third kappa shape index (κ3) is 3.19. The maximum atomic E-state index is 12.1. The van der Waals surface area contributed by atoms with Crippen LogP contribution < -0.4 is 4.72 Å². The highest BCUT2D eigenvalue weighted by molar-refractivity contribution is 7.89. The zero-order valence-corrected chi connectivity index (χ0v) is 11.7. The first-order valence-corrected chi connectivity index (χ1v) is 7.40. The normalized spacial score (nSPS) is 11.4. The van der Waals surface area contributed by atoms with E-state index in [0.717, 1.165) is 11.6 Å². The summed E-state index contributed by atoms with van der Waals surface area (Å²) in [5.41, 5.74) is 0.607. The number of aromatic carboxylic acids is 1. The quantitative estimate of drug-likeness (QED) is 0.784. The van der Waals surface area contributed by atoms with Crippen molar-refractivity contribution in [3.63, 3.8) is 0 Å². The van der Waals surface area contributed by atoms with E-state index in [1.54, 1.807) is 18.5 Å². The topological polar surface area (TPSA) is 99.3 Å². The van der Waals surface area contributed by atoms with Gasteiger partial charge in [-0.25, -0.2) is 17.9 Å². The number of nitrogens with one attached hydrogen (secondary N) is 2. The van der Waals surface area contributed by atoms with Crippen LogP contribution in [0.25, 0.3) is 0 Å². The molecule has 0 atom stereocenters. The molecular formula is C12H11ClN2O4S. The van der Waals surface area contributed by atoms with Crippen LogP contribution in [0.5, 0.6) is 0 Å². The number of halogens is 1. The van der Waals surface area contributed by atoms with Crippen LogP contribution in [0.1, 0.15) is 15.9 Å². The van der Waals surface area contributed by atoms with Crippen molar-refractivity contribution in [3.05, 3.63) is 52.8 Å². The lowest BCUT2D eigenvalue weighted by atomic mass is 10.2. The van der Waals surface area contributed by atoms with Crippen LogP contribution in [0.4, 0.5) is 0 Å². The van der Waals surface area contributed by atoms with E-state index in [-0.39, 0.29) is 22.0 Å². The van der Waals surface area contributed by atoms with Gasteiger partial charge in [-0.1, -0.05) is 11.6 Å². The Hall–Kier alpha value is -1.83. The summed E-state index contributed by atoms with van der Waals surface area (Å²) < 4.78 is 26.6. The molecule has 106 valence electrons. The minimum absolute atomic E-state index is 0.0310. The molecular weight excluding hydrogens is 304 g/mol. The van der Waals surface area contributed by atoms with Crippen LogP contribution >= 0.6 is 11.6 Å². The van der Waals surface area contributed by atoms with Crippen molar-refractivity contribution in [2.24, 2.45) is 0 Å². The maximum Gasteiger partial charge on any atom is 0.335 e. The van der Waals surface area contributed by atoms with Gasteiger partial charge in [0.2, 0.25) is 10.0 Å². The predicted molar refractivity (Wildman–Crippen MR) is 73.2 cm³/mol. The molecule has 0 radical (unpaired) electrons. The number of carboxylic acids is 1. The first-order chi connectivity index (χ1) is 9.40. The first kappa shape index (κ1) is 14.6. The summed E-state index contributed by atoms with van der Waals surface area (Å²) in [5.74, 6) is -1.22. The summed E-state index contributed by atoms with van der Waals surface area (Å²) in [6.07, 6.45) is 3.32. The highest BCUT2D eigenvalue weighted by Gasteiger charge is 2.19. The monoisotopic (exact) mass is 314 g/mol. The molecule has 0 fully saturated rings. The number of carbonyl (C=O) groups is 1. The molecule has 6 nitrogen and oxygen atoms in total. The molecule has 0 saturated heterocycles. The van der Waals surface area contributed by atoms with E-state index in [9.17, 15) is 13.2 Å². The van der Waals surface area contributed by atoms with E-state index in [1.165, 1.54) is 12.1 Å². The van der Waals surface area contributed by atoms with Gasteiger partial charge in [0.05, 0.1) is 10.6 Å². The number of H-pyrrole nitrogens is 1. The SMILES string of the molecule is O=C(O)c1ccc(Cl)c(S(=O)(=O)NCc2cc[nH]c2)c1. The Morgan fingerprint density at radius 3 is 2.70 bits per heavy atom. The molecule has 8 heteroatoms.